The summed E-state index contributed by atoms with van der Waals surface area (Å²) in [4.78, 5) is 25.8. The average molecular weight is 405 g/mol. The molecule has 1 N–H and O–H groups in total. The highest BCUT2D eigenvalue weighted by atomic mass is 35.5. The van der Waals surface area contributed by atoms with Crippen LogP contribution in [0.15, 0.2) is 79.0 Å². The number of fused-ring (bicyclic) bond motifs is 1. The Hall–Kier alpha value is -3.57. The lowest BCUT2D eigenvalue weighted by Gasteiger charge is -2.09. The van der Waals surface area contributed by atoms with Crippen molar-refractivity contribution in [3.63, 3.8) is 0 Å². The van der Waals surface area contributed by atoms with E-state index < -0.39 is 11.7 Å². The predicted octanol–water partition coefficient (Wildman–Crippen LogP) is 5.09. The van der Waals surface area contributed by atoms with Gasteiger partial charge in [-0.25, -0.2) is 0 Å². The van der Waals surface area contributed by atoms with Gasteiger partial charge in [-0.1, -0.05) is 41.9 Å². The zero-order chi connectivity index (χ0) is 20.4. The second kappa shape index (κ2) is 7.81. The normalized spacial score (nSPS) is 10.7. The Morgan fingerprint density at radius 3 is 2.45 bits per heavy atom. The number of carbonyl (C=O) groups excluding carboxylic acids is 2. The third kappa shape index (κ3) is 3.60. The number of ether oxygens (including phenoxy) is 1. The lowest BCUT2D eigenvalue weighted by atomic mass is 10.0. The molecule has 1 amide bonds. The number of carbonyl (C=O) groups is 2. The Balaban J connectivity index is 1.80. The molecule has 0 saturated carbocycles. The van der Waals surface area contributed by atoms with Gasteiger partial charge in [0.05, 0.1) is 12.1 Å². The Kier molecular flexibility index (Phi) is 5.06. The van der Waals surface area contributed by atoms with Gasteiger partial charge in [0.2, 0.25) is 0 Å². The maximum absolute atomic E-state index is 13.1. The summed E-state index contributed by atoms with van der Waals surface area (Å²) in [5, 5.41) is 3.08. The molecule has 144 valence electrons. The summed E-state index contributed by atoms with van der Waals surface area (Å²) < 4.78 is 6.92. The molecule has 2 aromatic carbocycles. The zero-order valence-electron chi connectivity index (χ0n) is 15.6. The van der Waals surface area contributed by atoms with Crippen LogP contribution in [-0.2, 0) is 4.79 Å². The number of benzene rings is 2. The van der Waals surface area contributed by atoms with E-state index in [1.165, 1.54) is 7.11 Å². The van der Waals surface area contributed by atoms with Crippen molar-refractivity contribution < 1.29 is 14.3 Å². The lowest BCUT2D eigenvalue weighted by Crippen LogP contribution is -2.24. The Morgan fingerprint density at radius 2 is 1.72 bits per heavy atom. The van der Waals surface area contributed by atoms with Gasteiger partial charge in [0.1, 0.15) is 11.4 Å². The van der Waals surface area contributed by atoms with E-state index in [1.807, 2.05) is 36.4 Å². The van der Waals surface area contributed by atoms with Gasteiger partial charge in [-0.3, -0.25) is 9.59 Å². The SMILES string of the molecule is COc1ccc(-c2cc3ccccn3c2C(=O)C(=O)Nc2ccccc2)cc1Cl. The van der Waals surface area contributed by atoms with Crippen molar-refractivity contribution in [1.82, 2.24) is 4.40 Å². The monoisotopic (exact) mass is 404 g/mol. The molecule has 0 aliphatic heterocycles. The van der Waals surface area contributed by atoms with Crippen molar-refractivity contribution in [2.75, 3.05) is 12.4 Å². The molecule has 0 aliphatic carbocycles. The van der Waals surface area contributed by atoms with Gasteiger partial charge in [0.25, 0.3) is 11.7 Å². The summed E-state index contributed by atoms with van der Waals surface area (Å²) in [5.74, 6) is -0.809. The van der Waals surface area contributed by atoms with Crippen LogP contribution in [0.2, 0.25) is 5.02 Å². The molecule has 2 heterocycles. The van der Waals surface area contributed by atoms with Gasteiger partial charge in [0.15, 0.2) is 0 Å². The highest BCUT2D eigenvalue weighted by Gasteiger charge is 2.25. The minimum Gasteiger partial charge on any atom is -0.495 e. The third-order valence-corrected chi connectivity index (χ3v) is 4.89. The van der Waals surface area contributed by atoms with Gasteiger partial charge >= 0.3 is 0 Å². The Labute approximate surface area is 172 Å². The number of ketones is 1. The van der Waals surface area contributed by atoms with E-state index in [4.69, 9.17) is 16.3 Å². The molecule has 29 heavy (non-hydrogen) atoms. The van der Waals surface area contributed by atoms with Crippen molar-refractivity contribution in [2.24, 2.45) is 0 Å². The molecule has 0 aliphatic rings. The summed E-state index contributed by atoms with van der Waals surface area (Å²) in [6.07, 6.45) is 1.76. The fraction of sp³-hybridized carbons (Fsp3) is 0.0435. The van der Waals surface area contributed by atoms with Gasteiger partial charge < -0.3 is 14.5 Å². The molecule has 4 rings (SSSR count). The van der Waals surface area contributed by atoms with Crippen LogP contribution >= 0.6 is 11.6 Å². The van der Waals surface area contributed by atoms with Crippen molar-refractivity contribution in [1.29, 1.82) is 0 Å². The number of methoxy groups -OCH3 is 1. The second-order valence-electron chi connectivity index (χ2n) is 6.40. The number of halogens is 1. The van der Waals surface area contributed by atoms with E-state index in [1.54, 1.807) is 47.0 Å². The van der Waals surface area contributed by atoms with E-state index in [0.717, 1.165) is 11.1 Å². The number of anilines is 1. The van der Waals surface area contributed by atoms with Crippen molar-refractivity contribution in [3.8, 4) is 16.9 Å². The summed E-state index contributed by atoms with van der Waals surface area (Å²) in [6.45, 7) is 0. The minimum absolute atomic E-state index is 0.273. The number of hydrogen-bond donors (Lipinski definition) is 1. The number of hydrogen-bond acceptors (Lipinski definition) is 3. The molecule has 0 atom stereocenters. The van der Waals surface area contributed by atoms with Crippen LogP contribution in [0.5, 0.6) is 5.75 Å². The number of nitrogens with zero attached hydrogens (tertiary/aromatic N) is 1. The van der Waals surface area contributed by atoms with Crippen molar-refractivity contribution in [3.05, 3.63) is 89.7 Å². The summed E-state index contributed by atoms with van der Waals surface area (Å²) in [6, 6.07) is 21.6. The highest BCUT2D eigenvalue weighted by Crippen LogP contribution is 2.34. The zero-order valence-corrected chi connectivity index (χ0v) is 16.3. The largest absolute Gasteiger partial charge is 0.495 e. The molecule has 2 aromatic heterocycles. The van der Waals surface area contributed by atoms with Crippen LogP contribution in [0.25, 0.3) is 16.6 Å². The van der Waals surface area contributed by atoms with Crippen molar-refractivity contribution in [2.45, 2.75) is 0 Å². The molecule has 6 heteroatoms. The lowest BCUT2D eigenvalue weighted by molar-refractivity contribution is -0.112. The fourth-order valence-electron chi connectivity index (χ4n) is 3.23. The molecule has 4 aromatic rings. The van der Waals surface area contributed by atoms with Crippen LogP contribution < -0.4 is 10.1 Å². The Morgan fingerprint density at radius 1 is 0.966 bits per heavy atom. The van der Waals surface area contributed by atoms with Crippen LogP contribution in [0.1, 0.15) is 10.5 Å². The van der Waals surface area contributed by atoms with Gasteiger partial charge in [-0.05, 0) is 48.0 Å². The minimum atomic E-state index is -0.707. The summed E-state index contributed by atoms with van der Waals surface area (Å²) in [5.41, 5.74) is 2.96. The molecule has 0 saturated heterocycles. The molecule has 0 spiro atoms. The number of pyridine rings is 1. The van der Waals surface area contributed by atoms with Gasteiger partial charge in [0, 0.05) is 23.0 Å². The standard InChI is InChI=1S/C23H17ClN2O3/c1-29-20-11-10-15(13-19(20)24)18-14-17-9-5-6-12-26(17)21(18)22(27)23(28)25-16-7-3-2-4-8-16/h2-14H,1H3,(H,25,28). The van der Waals surface area contributed by atoms with E-state index in [0.29, 0.717) is 22.0 Å². The molecule has 0 radical (unpaired) electrons. The van der Waals surface area contributed by atoms with Crippen LogP contribution in [-0.4, -0.2) is 23.2 Å². The number of amides is 1. The number of nitrogens with one attached hydrogen (secondary N) is 1. The first kappa shape index (κ1) is 18.8. The van der Waals surface area contributed by atoms with Crippen molar-refractivity contribution >= 4 is 34.5 Å². The summed E-state index contributed by atoms with van der Waals surface area (Å²) >= 11 is 6.28. The van der Waals surface area contributed by atoms with Gasteiger partial charge in [-0.2, -0.15) is 0 Å². The quantitative estimate of drug-likeness (QED) is 0.372. The second-order valence-corrected chi connectivity index (χ2v) is 6.81. The van der Waals surface area contributed by atoms with Crippen LogP contribution in [0, 0.1) is 0 Å². The van der Waals surface area contributed by atoms with E-state index in [-0.39, 0.29) is 5.69 Å². The first-order valence-electron chi connectivity index (χ1n) is 8.93. The molecular weight excluding hydrogens is 388 g/mol. The molecular formula is C23H17ClN2O3. The first-order valence-corrected chi connectivity index (χ1v) is 9.31. The molecule has 0 fully saturated rings. The maximum Gasteiger partial charge on any atom is 0.298 e. The molecule has 0 unspecified atom stereocenters. The topological polar surface area (TPSA) is 59.8 Å². The Bertz CT molecular complexity index is 1220. The number of rotatable bonds is 5. The average Bonchev–Trinajstić information content (AvgIpc) is 3.13. The molecule has 5 nitrogen and oxygen atoms in total. The number of Topliss-reactive ketones (excluding diaryl/α,β-unsaturated/α-hetero) is 1. The fourth-order valence-corrected chi connectivity index (χ4v) is 3.48. The van der Waals surface area contributed by atoms with E-state index in [2.05, 4.69) is 5.32 Å². The maximum atomic E-state index is 13.1. The highest BCUT2D eigenvalue weighted by molar-refractivity contribution is 6.47. The predicted molar refractivity (Wildman–Crippen MR) is 114 cm³/mol. The van der Waals surface area contributed by atoms with Crippen LogP contribution in [0.3, 0.4) is 0 Å². The first-order chi connectivity index (χ1) is 14.1. The van der Waals surface area contributed by atoms with Gasteiger partial charge in [-0.15, -0.1) is 0 Å². The smallest absolute Gasteiger partial charge is 0.298 e. The number of aromatic nitrogens is 1. The van der Waals surface area contributed by atoms with Crippen LogP contribution in [0.4, 0.5) is 5.69 Å². The third-order valence-electron chi connectivity index (χ3n) is 4.60. The number of para-hydroxylation sites is 1. The van der Waals surface area contributed by atoms with E-state index >= 15 is 0 Å². The van der Waals surface area contributed by atoms with E-state index in [9.17, 15) is 9.59 Å². The molecule has 0 bridgehead atoms. The summed E-state index contributed by atoms with van der Waals surface area (Å²) in [7, 11) is 1.54.